The standard InChI is InChI=1S/C23H17N5O6/c1-16-2-4-20(22(14-16)27(31)32)24-10-6-17(7-11-24)18-8-12-25(13-9-18)21-5-3-19(26(29)30)15-23(21)28(33)34/h2-15H,1H3/q+2. The Morgan fingerprint density at radius 2 is 1.03 bits per heavy atom. The Kier molecular flexibility index (Phi) is 5.75. The average Bonchev–Trinajstić information content (AvgIpc) is 2.83. The van der Waals surface area contributed by atoms with E-state index in [4.69, 9.17) is 0 Å². The molecule has 0 saturated heterocycles. The number of non-ortho nitro benzene ring substituents is 1. The molecule has 0 unspecified atom stereocenters. The third-order valence-electron chi connectivity index (χ3n) is 5.24. The van der Waals surface area contributed by atoms with Crippen molar-refractivity contribution >= 4 is 17.1 Å². The lowest BCUT2D eigenvalue weighted by Gasteiger charge is -2.03. The molecule has 4 rings (SSSR count). The number of hydrogen-bond donors (Lipinski definition) is 0. The lowest BCUT2D eigenvalue weighted by Crippen LogP contribution is -2.31. The van der Waals surface area contributed by atoms with Gasteiger partial charge in [-0.05, 0) is 23.6 Å². The summed E-state index contributed by atoms with van der Waals surface area (Å²) in [6.45, 7) is 1.79. The Bertz CT molecular complexity index is 1440. The van der Waals surface area contributed by atoms with Gasteiger partial charge in [0.1, 0.15) is 6.07 Å². The Balaban J connectivity index is 1.65. The van der Waals surface area contributed by atoms with Gasteiger partial charge in [0.05, 0.1) is 14.8 Å². The smallest absolute Gasteiger partial charge is 0.258 e. The van der Waals surface area contributed by atoms with Gasteiger partial charge in [-0.2, -0.15) is 9.13 Å². The van der Waals surface area contributed by atoms with Crippen molar-refractivity contribution < 1.29 is 23.9 Å². The van der Waals surface area contributed by atoms with E-state index in [1.807, 2.05) is 0 Å². The predicted molar refractivity (Wildman–Crippen MR) is 120 cm³/mol. The van der Waals surface area contributed by atoms with Crippen LogP contribution in [0.15, 0.2) is 85.5 Å². The van der Waals surface area contributed by atoms with Gasteiger partial charge >= 0.3 is 11.4 Å². The lowest BCUT2D eigenvalue weighted by atomic mass is 10.1. The summed E-state index contributed by atoms with van der Waals surface area (Å²) in [7, 11) is 0. The van der Waals surface area contributed by atoms with Gasteiger partial charge in [0, 0.05) is 48.5 Å². The van der Waals surface area contributed by atoms with Gasteiger partial charge in [0.25, 0.3) is 17.1 Å². The summed E-state index contributed by atoms with van der Waals surface area (Å²) in [5, 5.41) is 33.8. The van der Waals surface area contributed by atoms with Crippen LogP contribution in [0.25, 0.3) is 22.5 Å². The number of nitro groups is 3. The molecule has 0 aliphatic heterocycles. The van der Waals surface area contributed by atoms with Crippen molar-refractivity contribution in [3.05, 3.63) is 121 Å². The fourth-order valence-electron chi connectivity index (χ4n) is 3.55. The SMILES string of the molecule is Cc1ccc(-[n+]2ccc(-c3cc[n+](-c4ccc([N+](=O)[O-])cc4[N+](=O)[O-])cc3)cc2)c([N+](=O)[O-])c1. The van der Waals surface area contributed by atoms with Crippen molar-refractivity contribution in [3.8, 4) is 22.5 Å². The van der Waals surface area contributed by atoms with Crippen LogP contribution in [0.2, 0.25) is 0 Å². The molecule has 0 fully saturated rings. The van der Waals surface area contributed by atoms with E-state index in [-0.39, 0.29) is 22.7 Å². The Hall–Kier alpha value is -5.06. The monoisotopic (exact) mass is 459 g/mol. The molecule has 34 heavy (non-hydrogen) atoms. The minimum absolute atomic E-state index is 0.00296. The maximum Gasteiger partial charge on any atom is 0.347 e. The molecule has 0 bridgehead atoms. The lowest BCUT2D eigenvalue weighted by molar-refractivity contribution is -0.601. The molecule has 2 heterocycles. The van der Waals surface area contributed by atoms with Gasteiger partial charge in [0.2, 0.25) is 0 Å². The second kappa shape index (κ2) is 8.82. The van der Waals surface area contributed by atoms with Gasteiger partial charge in [-0.15, -0.1) is 0 Å². The van der Waals surface area contributed by atoms with E-state index in [2.05, 4.69) is 0 Å². The summed E-state index contributed by atoms with van der Waals surface area (Å²) in [6, 6.07) is 15.6. The van der Waals surface area contributed by atoms with Crippen LogP contribution in [-0.4, -0.2) is 14.8 Å². The van der Waals surface area contributed by atoms with E-state index in [0.717, 1.165) is 22.8 Å². The Labute approximate surface area is 192 Å². The van der Waals surface area contributed by atoms with Crippen molar-refractivity contribution in [2.75, 3.05) is 0 Å². The molecule has 0 aliphatic rings. The van der Waals surface area contributed by atoms with Crippen molar-refractivity contribution in [1.82, 2.24) is 0 Å². The number of aromatic nitrogens is 2. The minimum Gasteiger partial charge on any atom is -0.258 e. The fraction of sp³-hybridized carbons (Fsp3) is 0.0435. The van der Waals surface area contributed by atoms with Gasteiger partial charge in [0.15, 0.2) is 24.8 Å². The van der Waals surface area contributed by atoms with Crippen molar-refractivity contribution in [1.29, 1.82) is 0 Å². The van der Waals surface area contributed by atoms with E-state index in [1.54, 1.807) is 72.7 Å². The number of rotatable bonds is 6. The molecule has 11 nitrogen and oxygen atoms in total. The first-order chi connectivity index (χ1) is 16.2. The zero-order valence-electron chi connectivity index (χ0n) is 17.8. The first kappa shape index (κ1) is 22.1. The van der Waals surface area contributed by atoms with Crippen molar-refractivity contribution in [3.63, 3.8) is 0 Å². The molecule has 2 aromatic heterocycles. The summed E-state index contributed by atoms with van der Waals surface area (Å²) in [6.07, 6.45) is 6.68. The van der Waals surface area contributed by atoms with Gasteiger partial charge in [-0.1, -0.05) is 6.07 Å². The van der Waals surface area contributed by atoms with Gasteiger partial charge in [-0.25, -0.2) is 0 Å². The Morgan fingerprint density at radius 3 is 1.47 bits per heavy atom. The summed E-state index contributed by atoms with van der Waals surface area (Å²) < 4.78 is 3.16. The zero-order valence-corrected chi connectivity index (χ0v) is 17.8. The molecular weight excluding hydrogens is 442 g/mol. The predicted octanol–water partition coefficient (Wildman–Crippen LogP) is 3.94. The van der Waals surface area contributed by atoms with Crippen molar-refractivity contribution in [2.24, 2.45) is 0 Å². The van der Waals surface area contributed by atoms with Crippen LogP contribution in [-0.2, 0) is 0 Å². The fourth-order valence-corrected chi connectivity index (χ4v) is 3.55. The highest BCUT2D eigenvalue weighted by atomic mass is 16.6. The Morgan fingerprint density at radius 1 is 0.588 bits per heavy atom. The summed E-state index contributed by atoms with van der Waals surface area (Å²) in [5.41, 5.74) is 2.33. The van der Waals surface area contributed by atoms with Crippen LogP contribution in [0, 0.1) is 37.3 Å². The molecule has 0 amide bonds. The van der Waals surface area contributed by atoms with E-state index < -0.39 is 14.8 Å². The normalized spacial score (nSPS) is 10.6. The zero-order chi connectivity index (χ0) is 24.4. The first-order valence-electron chi connectivity index (χ1n) is 9.96. The molecule has 0 radical (unpaired) electrons. The van der Waals surface area contributed by atoms with Crippen LogP contribution in [0.1, 0.15) is 5.56 Å². The molecular formula is C23H17N5O6+2. The topological polar surface area (TPSA) is 137 Å². The summed E-state index contributed by atoms with van der Waals surface area (Å²) in [4.78, 5) is 32.0. The van der Waals surface area contributed by atoms with Crippen LogP contribution in [0.3, 0.4) is 0 Å². The van der Waals surface area contributed by atoms with Crippen LogP contribution < -0.4 is 9.13 Å². The van der Waals surface area contributed by atoms with Gasteiger partial charge < -0.3 is 0 Å². The molecule has 0 N–H and O–H groups in total. The number of benzene rings is 2. The number of nitro benzene ring substituents is 3. The third-order valence-corrected chi connectivity index (χ3v) is 5.24. The maximum absolute atomic E-state index is 11.4. The highest BCUT2D eigenvalue weighted by Gasteiger charge is 2.26. The second-order valence-electron chi connectivity index (χ2n) is 7.42. The molecule has 4 aromatic rings. The van der Waals surface area contributed by atoms with Crippen molar-refractivity contribution in [2.45, 2.75) is 6.92 Å². The van der Waals surface area contributed by atoms with E-state index in [1.165, 1.54) is 22.8 Å². The van der Waals surface area contributed by atoms with E-state index >= 15 is 0 Å². The third kappa shape index (κ3) is 4.30. The molecule has 0 aliphatic carbocycles. The van der Waals surface area contributed by atoms with Crippen LogP contribution >= 0.6 is 0 Å². The highest BCUT2D eigenvalue weighted by Crippen LogP contribution is 2.25. The first-order valence-corrected chi connectivity index (χ1v) is 9.96. The number of pyridine rings is 2. The largest absolute Gasteiger partial charge is 0.347 e. The number of hydrogen-bond acceptors (Lipinski definition) is 6. The van der Waals surface area contributed by atoms with Gasteiger partial charge in [-0.3, -0.25) is 30.3 Å². The average molecular weight is 459 g/mol. The summed E-state index contributed by atoms with van der Waals surface area (Å²) >= 11 is 0. The maximum atomic E-state index is 11.4. The molecule has 168 valence electrons. The van der Waals surface area contributed by atoms with E-state index in [0.29, 0.717) is 5.69 Å². The quantitative estimate of drug-likeness (QED) is 0.243. The minimum atomic E-state index is -0.683. The second-order valence-corrected chi connectivity index (χ2v) is 7.42. The number of aryl methyl sites for hydroxylation is 1. The highest BCUT2D eigenvalue weighted by molar-refractivity contribution is 5.61. The van der Waals surface area contributed by atoms with Crippen LogP contribution in [0.4, 0.5) is 17.1 Å². The molecule has 2 aromatic carbocycles. The van der Waals surface area contributed by atoms with Crippen LogP contribution in [0.5, 0.6) is 0 Å². The van der Waals surface area contributed by atoms with E-state index in [9.17, 15) is 30.3 Å². The molecule has 11 heteroatoms. The molecule has 0 saturated carbocycles. The molecule has 0 spiro atoms. The molecule has 0 atom stereocenters. The number of nitrogens with zero attached hydrogens (tertiary/aromatic N) is 5. The summed E-state index contributed by atoms with van der Waals surface area (Å²) in [5.74, 6) is 0.